The molecule has 2 fully saturated rings. The lowest BCUT2D eigenvalue weighted by Gasteiger charge is -2.31. The highest BCUT2D eigenvalue weighted by Crippen LogP contribution is 2.36. The summed E-state index contributed by atoms with van der Waals surface area (Å²) in [7, 11) is 0. The Morgan fingerprint density at radius 3 is 2.67 bits per heavy atom. The number of aliphatic hydroxyl groups excluding tert-OH is 2. The third-order valence-electron chi connectivity index (χ3n) is 4.81. The van der Waals surface area contributed by atoms with E-state index in [9.17, 15) is 10.2 Å². The lowest BCUT2D eigenvalue weighted by molar-refractivity contribution is 0.0205. The Kier molecular flexibility index (Phi) is 4.60. The summed E-state index contributed by atoms with van der Waals surface area (Å²) in [4.78, 5) is 0. The maximum atomic E-state index is 10.3. The summed E-state index contributed by atoms with van der Waals surface area (Å²) in [6, 6.07) is 8.68. The van der Waals surface area contributed by atoms with Crippen LogP contribution >= 0.6 is 0 Å². The quantitative estimate of drug-likeness (QED) is 0.786. The molecule has 1 aliphatic heterocycles. The van der Waals surface area contributed by atoms with Crippen LogP contribution in [0, 0.1) is 6.92 Å². The fourth-order valence-electron chi connectivity index (χ4n) is 3.62. The molecule has 3 rings (SSSR count). The average molecular weight is 291 g/mol. The van der Waals surface area contributed by atoms with E-state index < -0.39 is 12.2 Å². The molecular weight excluding hydrogens is 266 g/mol. The minimum absolute atomic E-state index is 0.0788. The van der Waals surface area contributed by atoms with Crippen LogP contribution in [0.2, 0.25) is 0 Å². The first-order valence-corrected chi connectivity index (χ1v) is 7.91. The Bertz CT molecular complexity index is 473. The zero-order chi connectivity index (χ0) is 14.8. The number of hydrogen-bond acceptors (Lipinski definition) is 4. The summed E-state index contributed by atoms with van der Waals surface area (Å²) < 4.78 is 5.39. The predicted molar refractivity (Wildman–Crippen MR) is 81.3 cm³/mol. The summed E-state index contributed by atoms with van der Waals surface area (Å²) in [5.41, 5.74) is 2.42. The van der Waals surface area contributed by atoms with Crippen molar-refractivity contribution in [2.24, 2.45) is 0 Å². The molecule has 0 amide bonds. The monoisotopic (exact) mass is 291 g/mol. The van der Waals surface area contributed by atoms with Crippen molar-refractivity contribution in [1.29, 1.82) is 0 Å². The maximum Gasteiger partial charge on any atom is 0.0957 e. The molecule has 4 heteroatoms. The number of hydrogen-bond donors (Lipinski definition) is 3. The Balaban J connectivity index is 1.77. The van der Waals surface area contributed by atoms with Crippen molar-refractivity contribution in [2.75, 3.05) is 13.2 Å². The van der Waals surface area contributed by atoms with Gasteiger partial charge in [-0.25, -0.2) is 0 Å². The normalized spacial score (nSPS) is 34.2. The zero-order valence-corrected chi connectivity index (χ0v) is 12.5. The lowest BCUT2D eigenvalue weighted by atomic mass is 9.91. The number of ether oxygens (including phenoxy) is 1. The molecule has 0 radical (unpaired) electrons. The Labute approximate surface area is 126 Å². The van der Waals surface area contributed by atoms with Crippen molar-refractivity contribution in [3.05, 3.63) is 35.4 Å². The SMILES string of the molecule is Cc1cccc([C@H]2C[C@@H](O)[C@@H](O)[C@@H]2NC2CCOCC2)c1. The first kappa shape index (κ1) is 15.0. The van der Waals surface area contributed by atoms with Crippen LogP contribution in [-0.4, -0.2) is 47.7 Å². The summed E-state index contributed by atoms with van der Waals surface area (Å²) in [5.74, 6) is 0.165. The Hall–Kier alpha value is -0.940. The summed E-state index contributed by atoms with van der Waals surface area (Å²) >= 11 is 0. The molecule has 4 nitrogen and oxygen atoms in total. The second-order valence-corrected chi connectivity index (χ2v) is 6.39. The third kappa shape index (κ3) is 3.29. The summed E-state index contributed by atoms with van der Waals surface area (Å²) in [5, 5.41) is 24.0. The minimum Gasteiger partial charge on any atom is -0.390 e. The largest absolute Gasteiger partial charge is 0.390 e. The Morgan fingerprint density at radius 1 is 1.19 bits per heavy atom. The van der Waals surface area contributed by atoms with E-state index in [1.54, 1.807) is 0 Å². The van der Waals surface area contributed by atoms with Crippen LogP contribution < -0.4 is 5.32 Å². The van der Waals surface area contributed by atoms with E-state index >= 15 is 0 Å². The van der Waals surface area contributed by atoms with E-state index in [-0.39, 0.29) is 12.0 Å². The fourth-order valence-corrected chi connectivity index (χ4v) is 3.62. The highest BCUT2D eigenvalue weighted by Gasteiger charge is 2.43. The van der Waals surface area contributed by atoms with E-state index in [1.807, 2.05) is 6.07 Å². The second-order valence-electron chi connectivity index (χ2n) is 6.39. The maximum absolute atomic E-state index is 10.3. The van der Waals surface area contributed by atoms with Crippen LogP contribution in [0.25, 0.3) is 0 Å². The predicted octanol–water partition coefficient (Wildman–Crippen LogP) is 1.34. The van der Waals surface area contributed by atoms with Gasteiger partial charge in [-0.2, -0.15) is 0 Å². The van der Waals surface area contributed by atoms with Crippen molar-refractivity contribution in [1.82, 2.24) is 5.32 Å². The highest BCUT2D eigenvalue weighted by atomic mass is 16.5. The number of aryl methyl sites for hydroxylation is 1. The summed E-state index contributed by atoms with van der Waals surface area (Å²) in [6.45, 7) is 3.63. The molecule has 21 heavy (non-hydrogen) atoms. The Morgan fingerprint density at radius 2 is 1.95 bits per heavy atom. The van der Waals surface area contributed by atoms with Crippen LogP contribution in [0.3, 0.4) is 0 Å². The standard InChI is InChI=1S/C17H25NO3/c1-11-3-2-4-12(9-11)14-10-15(19)17(20)16(14)18-13-5-7-21-8-6-13/h2-4,9,13-20H,5-8,10H2,1H3/t14-,15-,16-,17-/m1/s1. The first-order chi connectivity index (χ1) is 10.1. The molecule has 116 valence electrons. The van der Waals surface area contributed by atoms with Gasteiger partial charge in [0.2, 0.25) is 0 Å². The molecule has 4 atom stereocenters. The van der Waals surface area contributed by atoms with E-state index in [1.165, 1.54) is 11.1 Å². The van der Waals surface area contributed by atoms with E-state index in [0.29, 0.717) is 12.5 Å². The second kappa shape index (κ2) is 6.44. The summed E-state index contributed by atoms with van der Waals surface area (Å²) in [6.07, 6.45) is 1.22. The van der Waals surface area contributed by atoms with E-state index in [2.05, 4.69) is 30.4 Å². The molecule has 1 aromatic carbocycles. The molecule has 0 aromatic heterocycles. The molecule has 1 saturated heterocycles. The smallest absolute Gasteiger partial charge is 0.0957 e. The lowest BCUT2D eigenvalue weighted by Crippen LogP contribution is -2.48. The molecule has 0 spiro atoms. The first-order valence-electron chi connectivity index (χ1n) is 7.91. The number of aliphatic hydroxyl groups is 2. The molecule has 2 aliphatic rings. The van der Waals surface area contributed by atoms with Crippen LogP contribution in [0.15, 0.2) is 24.3 Å². The van der Waals surface area contributed by atoms with Crippen LogP contribution in [0.1, 0.15) is 36.3 Å². The van der Waals surface area contributed by atoms with Crippen molar-refractivity contribution in [3.8, 4) is 0 Å². The van der Waals surface area contributed by atoms with Crippen molar-refractivity contribution >= 4 is 0 Å². The van der Waals surface area contributed by atoms with Gasteiger partial charge in [0, 0.05) is 31.2 Å². The highest BCUT2D eigenvalue weighted by molar-refractivity contribution is 5.29. The molecule has 1 heterocycles. The van der Waals surface area contributed by atoms with Gasteiger partial charge in [0.15, 0.2) is 0 Å². The third-order valence-corrected chi connectivity index (χ3v) is 4.81. The molecule has 1 aromatic rings. The molecule has 0 bridgehead atoms. The van der Waals surface area contributed by atoms with Crippen LogP contribution in [0.5, 0.6) is 0 Å². The molecule has 1 saturated carbocycles. The average Bonchev–Trinajstić information content (AvgIpc) is 2.77. The minimum atomic E-state index is -0.696. The van der Waals surface area contributed by atoms with Gasteiger partial charge in [0.1, 0.15) is 0 Å². The van der Waals surface area contributed by atoms with E-state index in [4.69, 9.17) is 4.74 Å². The van der Waals surface area contributed by atoms with Gasteiger partial charge < -0.3 is 20.3 Å². The van der Waals surface area contributed by atoms with Gasteiger partial charge in [-0.05, 0) is 31.7 Å². The molecule has 1 aliphatic carbocycles. The van der Waals surface area contributed by atoms with E-state index in [0.717, 1.165) is 26.1 Å². The molecule has 3 N–H and O–H groups in total. The number of rotatable bonds is 3. The number of benzene rings is 1. The van der Waals surface area contributed by atoms with Gasteiger partial charge >= 0.3 is 0 Å². The molecule has 0 unspecified atom stereocenters. The van der Waals surface area contributed by atoms with Gasteiger partial charge in [-0.1, -0.05) is 29.8 Å². The zero-order valence-electron chi connectivity index (χ0n) is 12.5. The topological polar surface area (TPSA) is 61.7 Å². The van der Waals surface area contributed by atoms with Crippen molar-refractivity contribution < 1.29 is 14.9 Å². The van der Waals surface area contributed by atoms with Gasteiger partial charge in [-0.3, -0.25) is 0 Å². The van der Waals surface area contributed by atoms with Crippen LogP contribution in [-0.2, 0) is 4.74 Å². The van der Waals surface area contributed by atoms with Crippen molar-refractivity contribution in [2.45, 2.75) is 56.4 Å². The number of nitrogens with one attached hydrogen (secondary N) is 1. The van der Waals surface area contributed by atoms with Crippen LogP contribution in [0.4, 0.5) is 0 Å². The van der Waals surface area contributed by atoms with Crippen molar-refractivity contribution in [3.63, 3.8) is 0 Å². The van der Waals surface area contributed by atoms with Gasteiger partial charge in [0.05, 0.1) is 12.2 Å². The fraction of sp³-hybridized carbons (Fsp3) is 0.647. The molecular formula is C17H25NO3. The van der Waals surface area contributed by atoms with Gasteiger partial charge in [0.25, 0.3) is 0 Å². The van der Waals surface area contributed by atoms with Gasteiger partial charge in [-0.15, -0.1) is 0 Å².